The van der Waals surface area contributed by atoms with Crippen molar-refractivity contribution in [2.24, 2.45) is 0 Å². The highest BCUT2D eigenvalue weighted by molar-refractivity contribution is 5.81. The smallest absolute Gasteiger partial charge is 0.347 e. The summed E-state index contributed by atoms with van der Waals surface area (Å²) < 4.78 is 37.1. The molecule has 1 aromatic rings. The molecule has 1 aromatic heterocycles. The van der Waals surface area contributed by atoms with Crippen molar-refractivity contribution in [3.05, 3.63) is 11.6 Å². The SMILES string of the molecule is C[C@H](C(=O)NCc1nc(C(F)(F)F)n[nH]1)N1CCN(C)CC1. The van der Waals surface area contributed by atoms with Crippen molar-refractivity contribution in [1.29, 1.82) is 0 Å². The van der Waals surface area contributed by atoms with Gasteiger partial charge in [-0.1, -0.05) is 0 Å². The minimum atomic E-state index is -4.59. The van der Waals surface area contributed by atoms with Crippen LogP contribution < -0.4 is 5.32 Å². The fourth-order valence-corrected chi connectivity index (χ4v) is 2.19. The van der Waals surface area contributed by atoms with E-state index in [1.165, 1.54) is 0 Å². The molecular formula is C12H19F3N6O. The van der Waals surface area contributed by atoms with Crippen LogP contribution in [0.2, 0.25) is 0 Å². The molecule has 0 spiro atoms. The third-order valence-electron chi connectivity index (χ3n) is 3.68. The molecule has 2 N–H and O–H groups in total. The van der Waals surface area contributed by atoms with Gasteiger partial charge >= 0.3 is 6.18 Å². The fourth-order valence-electron chi connectivity index (χ4n) is 2.19. The number of hydrogen-bond donors (Lipinski definition) is 2. The molecule has 0 unspecified atom stereocenters. The van der Waals surface area contributed by atoms with Crippen molar-refractivity contribution in [2.75, 3.05) is 33.2 Å². The molecule has 0 aromatic carbocycles. The summed E-state index contributed by atoms with van der Waals surface area (Å²) >= 11 is 0. The van der Waals surface area contributed by atoms with Crippen LogP contribution in [-0.2, 0) is 17.5 Å². The molecular weight excluding hydrogens is 301 g/mol. The molecule has 0 bridgehead atoms. The van der Waals surface area contributed by atoms with Crippen LogP contribution in [0.1, 0.15) is 18.6 Å². The predicted molar refractivity (Wildman–Crippen MR) is 71.8 cm³/mol. The Kier molecular flexibility index (Phi) is 5.01. The van der Waals surface area contributed by atoms with Crippen molar-refractivity contribution in [2.45, 2.75) is 25.7 Å². The second-order valence-corrected chi connectivity index (χ2v) is 5.34. The van der Waals surface area contributed by atoms with Crippen LogP contribution in [0.25, 0.3) is 0 Å². The second-order valence-electron chi connectivity index (χ2n) is 5.34. The number of amides is 1. The number of halogens is 3. The van der Waals surface area contributed by atoms with E-state index in [4.69, 9.17) is 0 Å². The number of aromatic amines is 1. The largest absolute Gasteiger partial charge is 0.453 e. The molecule has 7 nitrogen and oxygen atoms in total. The van der Waals surface area contributed by atoms with Gasteiger partial charge in [-0.05, 0) is 14.0 Å². The van der Waals surface area contributed by atoms with E-state index >= 15 is 0 Å². The molecule has 2 rings (SSSR count). The van der Waals surface area contributed by atoms with Crippen LogP contribution in [0.15, 0.2) is 0 Å². The molecule has 1 fully saturated rings. The van der Waals surface area contributed by atoms with Gasteiger partial charge in [0.1, 0.15) is 5.82 Å². The highest BCUT2D eigenvalue weighted by Crippen LogP contribution is 2.25. The molecule has 1 aliphatic heterocycles. The van der Waals surface area contributed by atoms with E-state index in [0.29, 0.717) is 0 Å². The maximum absolute atomic E-state index is 12.4. The van der Waals surface area contributed by atoms with Gasteiger partial charge in [-0.15, -0.1) is 5.10 Å². The van der Waals surface area contributed by atoms with Crippen LogP contribution in [-0.4, -0.2) is 70.2 Å². The summed E-state index contributed by atoms with van der Waals surface area (Å²) in [5.41, 5.74) is 0. The van der Waals surface area contributed by atoms with Crippen molar-refractivity contribution < 1.29 is 18.0 Å². The quantitative estimate of drug-likeness (QED) is 0.821. The number of carbonyl (C=O) groups excluding carboxylic acids is 1. The molecule has 22 heavy (non-hydrogen) atoms. The van der Waals surface area contributed by atoms with E-state index in [1.54, 1.807) is 6.92 Å². The van der Waals surface area contributed by atoms with Crippen molar-refractivity contribution in [3.8, 4) is 0 Å². The highest BCUT2D eigenvalue weighted by atomic mass is 19.4. The van der Waals surface area contributed by atoms with E-state index in [1.807, 2.05) is 11.9 Å². The molecule has 0 radical (unpaired) electrons. The number of nitrogens with zero attached hydrogens (tertiary/aromatic N) is 4. The summed E-state index contributed by atoms with van der Waals surface area (Å²) in [5, 5.41) is 7.83. The lowest BCUT2D eigenvalue weighted by Gasteiger charge is -2.35. The number of rotatable bonds is 4. The Morgan fingerprint density at radius 3 is 2.55 bits per heavy atom. The standard InChI is InChI=1S/C12H19F3N6O/c1-8(21-5-3-20(2)4-6-21)10(22)16-7-9-17-11(19-18-9)12(13,14)15/h8H,3-7H2,1-2H3,(H,16,22)(H,17,18,19)/t8-/m1/s1. The predicted octanol–water partition coefficient (Wildman–Crippen LogP) is 0.0756. The Bertz CT molecular complexity index is 509. The average Bonchev–Trinajstić information content (AvgIpc) is 2.94. The molecule has 10 heteroatoms. The molecule has 2 heterocycles. The van der Waals surface area contributed by atoms with Crippen LogP contribution >= 0.6 is 0 Å². The Morgan fingerprint density at radius 1 is 1.36 bits per heavy atom. The van der Waals surface area contributed by atoms with Gasteiger partial charge in [0.25, 0.3) is 5.82 Å². The highest BCUT2D eigenvalue weighted by Gasteiger charge is 2.36. The number of nitrogens with one attached hydrogen (secondary N) is 2. The number of alkyl halides is 3. The Morgan fingerprint density at radius 2 is 2.00 bits per heavy atom. The molecule has 1 atom stereocenters. The molecule has 1 aliphatic rings. The maximum atomic E-state index is 12.4. The number of hydrogen-bond acceptors (Lipinski definition) is 5. The van der Waals surface area contributed by atoms with Crippen LogP contribution in [0, 0.1) is 0 Å². The first kappa shape index (κ1) is 16.7. The van der Waals surface area contributed by atoms with E-state index in [0.717, 1.165) is 26.2 Å². The van der Waals surface area contributed by atoms with E-state index in [-0.39, 0.29) is 24.3 Å². The third-order valence-corrected chi connectivity index (χ3v) is 3.68. The van der Waals surface area contributed by atoms with Crippen molar-refractivity contribution >= 4 is 5.91 Å². The Balaban J connectivity index is 1.83. The van der Waals surface area contributed by atoms with Gasteiger partial charge in [-0.2, -0.15) is 13.2 Å². The summed E-state index contributed by atoms with van der Waals surface area (Å²) in [6.07, 6.45) is -4.59. The first-order valence-electron chi connectivity index (χ1n) is 6.96. The van der Waals surface area contributed by atoms with Gasteiger partial charge in [0.05, 0.1) is 12.6 Å². The Labute approximate surface area is 125 Å². The van der Waals surface area contributed by atoms with E-state index in [2.05, 4.69) is 25.4 Å². The van der Waals surface area contributed by atoms with Gasteiger partial charge in [0.2, 0.25) is 5.91 Å². The first-order valence-corrected chi connectivity index (χ1v) is 6.96. The van der Waals surface area contributed by atoms with Crippen LogP contribution in [0.4, 0.5) is 13.2 Å². The zero-order valence-corrected chi connectivity index (χ0v) is 12.4. The number of likely N-dealkylation sites (N-methyl/N-ethyl adjacent to an activating group) is 1. The minimum absolute atomic E-state index is 0.0220. The molecule has 1 amide bonds. The van der Waals surface area contributed by atoms with Gasteiger partial charge < -0.3 is 10.2 Å². The zero-order valence-electron chi connectivity index (χ0n) is 12.4. The lowest BCUT2D eigenvalue weighted by Crippen LogP contribution is -2.52. The van der Waals surface area contributed by atoms with Crippen molar-refractivity contribution in [3.63, 3.8) is 0 Å². The molecule has 0 aliphatic carbocycles. The first-order chi connectivity index (χ1) is 10.3. The summed E-state index contributed by atoms with van der Waals surface area (Å²) in [6.45, 7) is 5.00. The monoisotopic (exact) mass is 320 g/mol. The average molecular weight is 320 g/mol. The summed E-state index contributed by atoms with van der Waals surface area (Å²) in [4.78, 5) is 19.6. The third kappa shape index (κ3) is 4.17. The van der Waals surface area contributed by atoms with E-state index < -0.39 is 12.0 Å². The van der Waals surface area contributed by atoms with Crippen molar-refractivity contribution in [1.82, 2.24) is 30.3 Å². The lowest BCUT2D eigenvalue weighted by molar-refractivity contribution is -0.144. The molecule has 0 saturated carbocycles. The van der Waals surface area contributed by atoms with Gasteiger partial charge in [-0.3, -0.25) is 14.8 Å². The summed E-state index contributed by atoms with van der Waals surface area (Å²) in [7, 11) is 2.02. The number of piperazine rings is 1. The Hall–Kier alpha value is -1.68. The minimum Gasteiger partial charge on any atom is -0.347 e. The second kappa shape index (κ2) is 6.61. The lowest BCUT2D eigenvalue weighted by atomic mass is 10.2. The van der Waals surface area contributed by atoms with Crippen LogP contribution in [0.3, 0.4) is 0 Å². The maximum Gasteiger partial charge on any atom is 0.453 e. The molecule has 124 valence electrons. The van der Waals surface area contributed by atoms with Gasteiger partial charge in [-0.25, -0.2) is 4.98 Å². The normalized spacial score (nSPS) is 19.1. The topological polar surface area (TPSA) is 77.1 Å². The number of carbonyl (C=O) groups is 1. The van der Waals surface area contributed by atoms with Gasteiger partial charge in [0, 0.05) is 26.2 Å². The van der Waals surface area contributed by atoms with Gasteiger partial charge in [0.15, 0.2) is 0 Å². The van der Waals surface area contributed by atoms with Crippen LogP contribution in [0.5, 0.6) is 0 Å². The van der Waals surface area contributed by atoms with E-state index in [9.17, 15) is 18.0 Å². The molecule has 1 saturated heterocycles. The fraction of sp³-hybridized carbons (Fsp3) is 0.750. The summed E-state index contributed by atoms with van der Waals surface area (Å²) in [5.74, 6) is -1.50. The zero-order chi connectivity index (χ0) is 16.3. The summed E-state index contributed by atoms with van der Waals surface area (Å²) in [6, 6.07) is -0.335. The number of H-pyrrole nitrogens is 1. The number of aromatic nitrogens is 3.